The lowest BCUT2D eigenvalue weighted by atomic mass is 9.95. The normalized spacial score (nSPS) is 19.9. The molecule has 3 fully saturated rings. The molecule has 14 heteroatoms. The van der Waals surface area contributed by atoms with Gasteiger partial charge in [-0.3, -0.25) is 9.69 Å². The van der Waals surface area contributed by atoms with E-state index in [0.717, 1.165) is 106 Å². The van der Waals surface area contributed by atoms with Crippen molar-refractivity contribution < 1.29 is 28.1 Å². The molecule has 302 valence electrons. The van der Waals surface area contributed by atoms with Crippen molar-refractivity contribution in [2.45, 2.75) is 88.4 Å². The maximum absolute atomic E-state index is 13.5. The molecule has 0 radical (unpaired) electrons. The predicted molar refractivity (Wildman–Crippen MR) is 217 cm³/mol. The molecule has 4 aliphatic rings. The zero-order valence-electron chi connectivity index (χ0n) is 33.3. The number of alkyl carbamates (subject to hydrolysis) is 1. The number of rotatable bonds is 12. The van der Waals surface area contributed by atoms with Crippen LogP contribution < -0.4 is 20.4 Å². The largest absolute Gasteiger partial charge is 0.444 e. The number of carbonyl (C=O) groups excluding carboxylic acids is 4. The molecule has 6 rings (SSSR count). The number of nitrogens with zero attached hydrogens (tertiary/aromatic N) is 5. The van der Waals surface area contributed by atoms with E-state index in [1.54, 1.807) is 4.90 Å². The number of piperidine rings is 2. The molecule has 2 amide bonds. The first-order chi connectivity index (χ1) is 26.4. The fourth-order valence-corrected chi connectivity index (χ4v) is 9.09. The average molecular weight is 780 g/mol. The quantitative estimate of drug-likeness (QED) is 0.304. The minimum Gasteiger partial charge on any atom is -0.444 e. The lowest BCUT2D eigenvalue weighted by Crippen LogP contribution is -2.49. The first kappa shape index (κ1) is 42.3. The highest BCUT2D eigenvalue weighted by molar-refractivity contribution is 7.82. The van der Waals surface area contributed by atoms with E-state index in [9.17, 15) is 23.4 Å². The second-order valence-corrected chi connectivity index (χ2v) is 17.5. The van der Waals surface area contributed by atoms with Crippen LogP contribution >= 0.6 is 0 Å². The number of amides is 2. The molecule has 0 aliphatic carbocycles. The van der Waals surface area contributed by atoms with Gasteiger partial charge in [0.1, 0.15) is 29.2 Å². The summed E-state index contributed by atoms with van der Waals surface area (Å²) in [7, 11) is 2.49. The smallest absolute Gasteiger partial charge is 0.407 e. The van der Waals surface area contributed by atoms with Crippen LogP contribution in [0.5, 0.6) is 0 Å². The molecule has 0 bridgehead atoms. The molecule has 55 heavy (non-hydrogen) atoms. The molecule has 2 atom stereocenters. The van der Waals surface area contributed by atoms with Crippen LogP contribution in [0.3, 0.4) is 0 Å². The molecular formula is C41H61N7O6S. The average Bonchev–Trinajstić information content (AvgIpc) is 3.50. The number of hydrogen-bond acceptors (Lipinski definition) is 10. The van der Waals surface area contributed by atoms with Crippen molar-refractivity contribution in [1.82, 2.24) is 24.7 Å². The number of aldehydes is 2. The SMILES string of the molecule is CC(C)(C)OC(=O)NC1CCN(S(=O)c2cccc(N3CCN(CC4CCN(c5ccc6c(c5)CN(C(C=O)CCC=O)C6=O)CC4)CC3)c2)CC1.CNC. The Morgan fingerprint density at radius 3 is 2.20 bits per heavy atom. The van der Waals surface area contributed by atoms with Gasteiger partial charge in [-0.1, -0.05) is 6.07 Å². The number of anilines is 2. The van der Waals surface area contributed by atoms with Crippen molar-refractivity contribution in [3.63, 3.8) is 0 Å². The second kappa shape index (κ2) is 19.8. The molecule has 4 heterocycles. The molecular weight excluding hydrogens is 719 g/mol. The third kappa shape index (κ3) is 11.6. The van der Waals surface area contributed by atoms with Gasteiger partial charge in [-0.25, -0.2) is 13.3 Å². The van der Waals surface area contributed by atoms with E-state index in [4.69, 9.17) is 4.74 Å². The van der Waals surface area contributed by atoms with Gasteiger partial charge in [0.25, 0.3) is 5.91 Å². The van der Waals surface area contributed by atoms with Gasteiger partial charge in [0.15, 0.2) is 0 Å². The van der Waals surface area contributed by atoms with Crippen LogP contribution in [-0.4, -0.2) is 134 Å². The van der Waals surface area contributed by atoms with Crippen LogP contribution in [0.15, 0.2) is 47.4 Å². The van der Waals surface area contributed by atoms with Crippen molar-refractivity contribution in [2.75, 3.05) is 82.8 Å². The van der Waals surface area contributed by atoms with Crippen molar-refractivity contribution in [1.29, 1.82) is 0 Å². The molecule has 3 saturated heterocycles. The lowest BCUT2D eigenvalue weighted by molar-refractivity contribution is -0.112. The zero-order valence-corrected chi connectivity index (χ0v) is 34.2. The van der Waals surface area contributed by atoms with Crippen LogP contribution in [0.2, 0.25) is 0 Å². The van der Waals surface area contributed by atoms with Gasteiger partial charge in [-0.2, -0.15) is 0 Å². The van der Waals surface area contributed by atoms with Gasteiger partial charge >= 0.3 is 6.09 Å². The number of fused-ring (bicyclic) bond motifs is 1. The molecule has 2 unspecified atom stereocenters. The fourth-order valence-electron chi connectivity index (χ4n) is 7.84. The van der Waals surface area contributed by atoms with Gasteiger partial charge in [-0.15, -0.1) is 0 Å². The Morgan fingerprint density at radius 2 is 1.56 bits per heavy atom. The summed E-state index contributed by atoms with van der Waals surface area (Å²) < 4.78 is 20.9. The topological polar surface area (TPSA) is 135 Å². The Labute approximate surface area is 329 Å². The molecule has 0 aromatic heterocycles. The van der Waals surface area contributed by atoms with Crippen LogP contribution in [0.25, 0.3) is 0 Å². The molecule has 4 aliphatic heterocycles. The lowest BCUT2D eigenvalue weighted by Gasteiger charge is -2.40. The van der Waals surface area contributed by atoms with E-state index in [0.29, 0.717) is 37.5 Å². The standard InChI is InChI=1S/C39H54N6O6S.C2H7N/c1-39(2,3)51-38(49)40-31-13-17-44(18-14-31)52(50)35-8-4-6-32(25-35)43-21-19-41(20-22-43)26-29-11-15-42(16-12-29)33-9-10-36-30(24-33)27-45(37(36)48)34(28-47)7-5-23-46;1-3-2/h4,6,8-10,23-25,28-29,31,34H,5,7,11-22,26-27H2,1-3H3,(H,40,49);3H,1-2H3. The first-order valence-corrected chi connectivity index (χ1v) is 20.9. The molecule has 2 aromatic carbocycles. The predicted octanol–water partition coefficient (Wildman–Crippen LogP) is 4.07. The molecule has 13 nitrogen and oxygen atoms in total. The summed E-state index contributed by atoms with van der Waals surface area (Å²) in [5.74, 6) is 0.503. The van der Waals surface area contributed by atoms with Crippen LogP contribution in [0.1, 0.15) is 75.2 Å². The number of ether oxygens (including phenoxy) is 1. The van der Waals surface area contributed by atoms with E-state index in [1.165, 1.54) is 0 Å². The highest BCUT2D eigenvalue weighted by Crippen LogP contribution is 2.32. The first-order valence-electron chi connectivity index (χ1n) is 19.8. The van der Waals surface area contributed by atoms with Crippen LogP contribution in [0.4, 0.5) is 16.2 Å². The summed E-state index contributed by atoms with van der Waals surface area (Å²) in [5.41, 5.74) is 3.31. The number of piperazine rings is 1. The summed E-state index contributed by atoms with van der Waals surface area (Å²) in [5, 5.41) is 5.71. The maximum atomic E-state index is 13.5. The van der Waals surface area contributed by atoms with Gasteiger partial charge in [0, 0.05) is 94.8 Å². The Bertz CT molecular complexity index is 1630. The summed E-state index contributed by atoms with van der Waals surface area (Å²) >= 11 is 0. The van der Waals surface area contributed by atoms with Gasteiger partial charge < -0.3 is 39.7 Å². The van der Waals surface area contributed by atoms with Gasteiger partial charge in [0.2, 0.25) is 0 Å². The molecule has 0 spiro atoms. The number of nitrogens with one attached hydrogen (secondary N) is 2. The second-order valence-electron chi connectivity index (χ2n) is 16.0. The third-order valence-corrected chi connectivity index (χ3v) is 12.2. The van der Waals surface area contributed by atoms with E-state index in [-0.39, 0.29) is 18.4 Å². The van der Waals surface area contributed by atoms with Crippen molar-refractivity contribution in [3.05, 3.63) is 53.6 Å². The summed E-state index contributed by atoms with van der Waals surface area (Å²) in [6, 6.07) is 13.6. The number of carbonyl (C=O) groups is 4. The van der Waals surface area contributed by atoms with E-state index in [1.807, 2.05) is 63.4 Å². The van der Waals surface area contributed by atoms with Gasteiger partial charge in [-0.05, 0) is 115 Å². The van der Waals surface area contributed by atoms with Crippen LogP contribution in [0, 0.1) is 5.92 Å². The fraction of sp³-hybridized carbons (Fsp3) is 0.610. The number of hydrogen-bond donors (Lipinski definition) is 2. The Morgan fingerprint density at radius 1 is 0.909 bits per heavy atom. The molecule has 2 aromatic rings. The Kier molecular flexibility index (Phi) is 15.3. The maximum Gasteiger partial charge on any atom is 0.407 e. The minimum absolute atomic E-state index is 0.0218. The zero-order chi connectivity index (χ0) is 39.5. The van der Waals surface area contributed by atoms with Crippen LogP contribution in [-0.2, 0) is 31.9 Å². The van der Waals surface area contributed by atoms with E-state index < -0.39 is 28.7 Å². The minimum atomic E-state index is -1.26. The van der Waals surface area contributed by atoms with E-state index >= 15 is 0 Å². The van der Waals surface area contributed by atoms with Crippen molar-refractivity contribution in [2.24, 2.45) is 5.92 Å². The van der Waals surface area contributed by atoms with Crippen molar-refractivity contribution >= 4 is 46.9 Å². The Hall–Kier alpha value is -3.85. The summed E-state index contributed by atoms with van der Waals surface area (Å²) in [6.45, 7) is 14.1. The van der Waals surface area contributed by atoms with Gasteiger partial charge in [0.05, 0.1) is 10.9 Å². The summed E-state index contributed by atoms with van der Waals surface area (Å²) in [6.07, 6.45) is 5.49. The third-order valence-electron chi connectivity index (χ3n) is 10.7. The Balaban J connectivity index is 0.00000187. The monoisotopic (exact) mass is 779 g/mol. The van der Waals surface area contributed by atoms with Crippen molar-refractivity contribution in [3.8, 4) is 0 Å². The number of benzene rings is 2. The highest BCUT2D eigenvalue weighted by atomic mass is 32.2. The highest BCUT2D eigenvalue weighted by Gasteiger charge is 2.34. The van der Waals surface area contributed by atoms with E-state index in [2.05, 4.69) is 43.5 Å². The molecule has 2 N–H and O–H groups in total. The summed E-state index contributed by atoms with van der Waals surface area (Å²) in [4.78, 5) is 57.4. The molecule has 0 saturated carbocycles.